The zero-order valence-electron chi connectivity index (χ0n) is 35.4. The van der Waals surface area contributed by atoms with Crippen LogP contribution < -0.4 is 18.9 Å². The first-order chi connectivity index (χ1) is 30.5. The lowest BCUT2D eigenvalue weighted by Crippen LogP contribution is -2.24. The summed E-state index contributed by atoms with van der Waals surface area (Å²) in [5.74, 6) is -6.70. The fraction of sp³-hybridized carbons (Fsp3) is 0.261. The Balaban J connectivity index is 1.79. The molecule has 0 aliphatic heterocycles. The lowest BCUT2D eigenvalue weighted by Gasteiger charge is -2.19. The number of hydrogen-bond donors (Lipinski definition) is 0. The second-order valence-corrected chi connectivity index (χ2v) is 13.3. The number of carbonyl (C=O) groups is 8. The van der Waals surface area contributed by atoms with Crippen molar-refractivity contribution in [3.05, 3.63) is 134 Å². The molecule has 0 heterocycles. The minimum atomic E-state index is -0.929. The van der Waals surface area contributed by atoms with E-state index in [0.717, 1.165) is 24.3 Å². The molecule has 0 aliphatic rings. The van der Waals surface area contributed by atoms with Gasteiger partial charge >= 0.3 is 47.8 Å². The average molecular weight is 887 g/mol. The van der Waals surface area contributed by atoms with Crippen molar-refractivity contribution in [2.75, 3.05) is 26.4 Å². The topological polar surface area (TPSA) is 229 Å². The van der Waals surface area contributed by atoms with Crippen LogP contribution in [0, 0.1) is 0 Å². The van der Waals surface area contributed by atoms with Gasteiger partial charge in [-0.05, 0) is 88.4 Å². The van der Waals surface area contributed by atoms with Crippen LogP contribution in [-0.2, 0) is 47.6 Å². The van der Waals surface area contributed by atoms with Gasteiger partial charge in [-0.1, -0.05) is 26.3 Å². The maximum absolute atomic E-state index is 13.3. The first-order valence-electron chi connectivity index (χ1n) is 19.2. The number of rotatable bonds is 24. The summed E-state index contributed by atoms with van der Waals surface area (Å²) in [7, 11) is 0. The normalized spacial score (nSPS) is 12.2. The van der Waals surface area contributed by atoms with E-state index in [1.54, 1.807) is 13.8 Å². The second kappa shape index (κ2) is 25.0. The molecule has 0 saturated heterocycles. The number of hydrogen-bond acceptors (Lipinski definition) is 18. The van der Waals surface area contributed by atoms with Crippen LogP contribution in [-0.4, -0.2) is 98.6 Å². The Morgan fingerprint density at radius 1 is 0.438 bits per heavy atom. The van der Waals surface area contributed by atoms with Crippen molar-refractivity contribution >= 4 is 47.8 Å². The van der Waals surface area contributed by atoms with Crippen LogP contribution in [0.25, 0.3) is 0 Å². The fourth-order valence-corrected chi connectivity index (χ4v) is 4.84. The van der Waals surface area contributed by atoms with Crippen molar-refractivity contribution < 1.29 is 85.7 Å². The van der Waals surface area contributed by atoms with Gasteiger partial charge in [0.25, 0.3) is 0 Å². The molecule has 338 valence electrons. The van der Waals surface area contributed by atoms with E-state index in [0.29, 0.717) is 0 Å². The van der Waals surface area contributed by atoms with Gasteiger partial charge in [0, 0.05) is 24.3 Å². The van der Waals surface area contributed by atoms with Gasteiger partial charge in [-0.15, -0.1) is 0 Å². The molecule has 3 aromatic rings. The summed E-state index contributed by atoms with van der Waals surface area (Å²) in [6, 6.07) is 12.8. The Kier molecular flexibility index (Phi) is 19.7. The molecule has 0 amide bonds. The number of benzene rings is 3. The molecule has 0 N–H and O–H groups in total. The zero-order chi connectivity index (χ0) is 47.3. The summed E-state index contributed by atoms with van der Waals surface area (Å²) in [5.41, 5.74) is -0.391. The van der Waals surface area contributed by atoms with Crippen molar-refractivity contribution in [2.24, 2.45) is 0 Å². The molecule has 64 heavy (non-hydrogen) atoms. The first kappa shape index (κ1) is 50.3. The second-order valence-electron chi connectivity index (χ2n) is 13.3. The van der Waals surface area contributed by atoms with Gasteiger partial charge in [0.15, 0.2) is 0 Å². The standard InChI is InChI=1S/C46H46O18/c1-9-39(47)55-23-27(5)59-37-19-17-33(21-35(37)45(53)61-29(7)25-57-41(49)11-3)63-43(51)31-13-15-32(16-14-31)44(52)64-34-18-20-38(60-28(6)24-56-40(48)10-2)36(22-34)46(54)62-30(8)26-58-42(50)12-4/h9-22,27-30H,1-4,23-26H2,5-8H3. The molecule has 4 atom stereocenters. The van der Waals surface area contributed by atoms with Crippen molar-refractivity contribution in [1.29, 1.82) is 0 Å². The van der Waals surface area contributed by atoms with E-state index in [-0.39, 0.29) is 71.7 Å². The van der Waals surface area contributed by atoms with Crippen molar-refractivity contribution in [3.8, 4) is 23.0 Å². The monoisotopic (exact) mass is 886 g/mol. The predicted octanol–water partition coefficient (Wildman–Crippen LogP) is 5.67. The molecule has 0 bridgehead atoms. The Labute approximate surface area is 367 Å². The van der Waals surface area contributed by atoms with E-state index in [1.165, 1.54) is 74.5 Å². The van der Waals surface area contributed by atoms with E-state index in [9.17, 15) is 38.4 Å². The molecule has 3 aromatic carbocycles. The summed E-state index contributed by atoms with van der Waals surface area (Å²) in [6.07, 6.45) is 0.519. The molecule has 0 aliphatic carbocycles. The molecular formula is C46H46O18. The number of carbonyl (C=O) groups excluding carboxylic acids is 8. The summed E-state index contributed by atoms with van der Waals surface area (Å²) in [6.45, 7) is 18.4. The first-order valence-corrected chi connectivity index (χ1v) is 19.2. The van der Waals surface area contributed by atoms with Gasteiger partial charge < -0.3 is 47.4 Å². The summed E-state index contributed by atoms with van der Waals surface area (Å²) in [4.78, 5) is 99.0. The minimum absolute atomic E-state index is 0.0105. The van der Waals surface area contributed by atoms with Gasteiger partial charge in [-0.3, -0.25) is 0 Å². The van der Waals surface area contributed by atoms with Crippen molar-refractivity contribution in [1.82, 2.24) is 0 Å². The zero-order valence-corrected chi connectivity index (χ0v) is 35.4. The minimum Gasteiger partial charge on any atom is -0.486 e. The maximum Gasteiger partial charge on any atom is 0.343 e. The van der Waals surface area contributed by atoms with Gasteiger partial charge in [-0.2, -0.15) is 0 Å². The Morgan fingerprint density at radius 2 is 0.734 bits per heavy atom. The van der Waals surface area contributed by atoms with Gasteiger partial charge in [0.2, 0.25) is 0 Å². The molecule has 0 spiro atoms. The Bertz CT molecular complexity index is 2080. The molecule has 18 heteroatoms. The predicted molar refractivity (Wildman–Crippen MR) is 224 cm³/mol. The van der Waals surface area contributed by atoms with Crippen LogP contribution in [0.2, 0.25) is 0 Å². The fourth-order valence-electron chi connectivity index (χ4n) is 4.84. The largest absolute Gasteiger partial charge is 0.486 e. The number of ether oxygens (including phenoxy) is 10. The summed E-state index contributed by atoms with van der Waals surface area (Å²) < 4.78 is 53.3. The molecule has 0 saturated carbocycles. The summed E-state index contributed by atoms with van der Waals surface area (Å²) in [5, 5.41) is 0. The Morgan fingerprint density at radius 3 is 1.03 bits per heavy atom. The highest BCUT2D eigenvalue weighted by atomic mass is 16.6. The lowest BCUT2D eigenvalue weighted by atomic mass is 10.1. The molecule has 0 aromatic heterocycles. The molecular weight excluding hydrogens is 840 g/mol. The van der Waals surface area contributed by atoms with Crippen LogP contribution in [0.5, 0.6) is 23.0 Å². The van der Waals surface area contributed by atoms with Crippen molar-refractivity contribution in [3.63, 3.8) is 0 Å². The van der Waals surface area contributed by atoms with Crippen LogP contribution in [0.3, 0.4) is 0 Å². The van der Waals surface area contributed by atoms with E-state index >= 15 is 0 Å². The van der Waals surface area contributed by atoms with Crippen LogP contribution >= 0.6 is 0 Å². The maximum atomic E-state index is 13.3. The van der Waals surface area contributed by atoms with E-state index in [4.69, 9.17) is 47.4 Å². The van der Waals surface area contributed by atoms with Gasteiger partial charge in [-0.25, -0.2) is 38.4 Å². The molecule has 0 fully saturated rings. The molecule has 3 rings (SSSR count). The molecule has 4 unspecified atom stereocenters. The molecule has 0 radical (unpaired) electrons. The third kappa shape index (κ3) is 16.4. The van der Waals surface area contributed by atoms with Crippen LogP contribution in [0.1, 0.15) is 69.1 Å². The van der Waals surface area contributed by atoms with E-state index < -0.39 is 72.2 Å². The summed E-state index contributed by atoms with van der Waals surface area (Å²) >= 11 is 0. The van der Waals surface area contributed by atoms with Gasteiger partial charge in [0.05, 0.1) is 11.1 Å². The lowest BCUT2D eigenvalue weighted by molar-refractivity contribution is -0.141. The number of esters is 8. The van der Waals surface area contributed by atoms with Crippen LogP contribution in [0.15, 0.2) is 111 Å². The quantitative estimate of drug-likeness (QED) is 0.0457. The van der Waals surface area contributed by atoms with E-state index in [1.807, 2.05) is 0 Å². The SMILES string of the molecule is C=CC(=O)OCC(C)OC(=O)c1cc(OC(=O)c2ccc(C(=O)Oc3ccc(OC(C)COC(=O)C=C)c(C(=O)OC(C)COC(=O)C=C)c3)cc2)ccc1OC(C)COC(=O)C=C. The van der Waals surface area contributed by atoms with E-state index in [2.05, 4.69) is 26.3 Å². The smallest absolute Gasteiger partial charge is 0.343 e. The highest BCUT2D eigenvalue weighted by molar-refractivity contribution is 5.97. The van der Waals surface area contributed by atoms with Gasteiger partial charge in [0.1, 0.15) is 85.0 Å². The van der Waals surface area contributed by atoms with Crippen LogP contribution in [0.4, 0.5) is 0 Å². The third-order valence-electron chi connectivity index (χ3n) is 7.90. The highest BCUT2D eigenvalue weighted by Crippen LogP contribution is 2.29. The Hall–Kier alpha value is -8.02. The average Bonchev–Trinajstić information content (AvgIpc) is 3.28. The third-order valence-corrected chi connectivity index (χ3v) is 7.90. The highest BCUT2D eigenvalue weighted by Gasteiger charge is 2.24. The van der Waals surface area contributed by atoms with Crippen molar-refractivity contribution in [2.45, 2.75) is 52.1 Å². The molecule has 18 nitrogen and oxygen atoms in total.